The lowest BCUT2D eigenvalue weighted by Gasteiger charge is -2.06. The number of benzene rings is 2. The van der Waals surface area contributed by atoms with Crippen LogP contribution >= 0.6 is 12.4 Å². The summed E-state index contributed by atoms with van der Waals surface area (Å²) in [5.74, 6) is 0.274. The molecule has 0 spiro atoms. The molecule has 0 aliphatic heterocycles. The van der Waals surface area contributed by atoms with Crippen LogP contribution in [0.1, 0.15) is 5.56 Å². The molecule has 3 aromatic rings. The van der Waals surface area contributed by atoms with Gasteiger partial charge >= 0.3 is 0 Å². The normalized spacial score (nSPS) is 10.2. The summed E-state index contributed by atoms with van der Waals surface area (Å²) in [4.78, 5) is 4.65. The van der Waals surface area contributed by atoms with E-state index in [9.17, 15) is 5.11 Å². The summed E-state index contributed by atoms with van der Waals surface area (Å²) in [5.41, 5.74) is 4.16. The molecule has 0 atom stereocenters. The zero-order valence-corrected chi connectivity index (χ0v) is 11.3. The van der Waals surface area contributed by atoms with Crippen molar-refractivity contribution in [2.45, 2.75) is 6.92 Å². The van der Waals surface area contributed by atoms with Crippen molar-refractivity contribution in [1.29, 1.82) is 0 Å². The monoisotopic (exact) mass is 271 g/mol. The average molecular weight is 272 g/mol. The van der Waals surface area contributed by atoms with Crippen molar-refractivity contribution in [3.8, 4) is 17.0 Å². The number of nitrogens with zero attached hydrogens (tertiary/aromatic N) is 1. The second-order valence-corrected chi connectivity index (χ2v) is 4.39. The third-order valence-electron chi connectivity index (χ3n) is 3.09. The summed E-state index contributed by atoms with van der Waals surface area (Å²) >= 11 is 0. The SMILES string of the molecule is Cc1cc(-c2ccc(O)cc2)nc2ccccc12.Cl. The van der Waals surface area contributed by atoms with Gasteiger partial charge in [0.2, 0.25) is 0 Å². The Hall–Kier alpha value is -2.06. The van der Waals surface area contributed by atoms with Crippen LogP contribution in [0.2, 0.25) is 0 Å². The van der Waals surface area contributed by atoms with Crippen LogP contribution in [-0.4, -0.2) is 10.1 Å². The Bertz CT molecular complexity index is 708. The highest BCUT2D eigenvalue weighted by atomic mass is 35.5. The van der Waals surface area contributed by atoms with Crippen LogP contribution in [0.25, 0.3) is 22.2 Å². The topological polar surface area (TPSA) is 33.1 Å². The van der Waals surface area contributed by atoms with Crippen molar-refractivity contribution in [3.05, 3.63) is 60.2 Å². The van der Waals surface area contributed by atoms with E-state index in [2.05, 4.69) is 24.0 Å². The van der Waals surface area contributed by atoms with Crippen LogP contribution in [0, 0.1) is 6.92 Å². The van der Waals surface area contributed by atoms with Gasteiger partial charge in [-0.2, -0.15) is 0 Å². The van der Waals surface area contributed by atoms with E-state index in [0.29, 0.717) is 0 Å². The van der Waals surface area contributed by atoms with Crippen molar-refractivity contribution in [2.75, 3.05) is 0 Å². The molecule has 0 amide bonds. The molecule has 0 saturated carbocycles. The largest absolute Gasteiger partial charge is 0.508 e. The predicted octanol–water partition coefficient (Wildman–Crippen LogP) is 4.34. The van der Waals surface area contributed by atoms with E-state index in [1.807, 2.05) is 30.3 Å². The van der Waals surface area contributed by atoms with Gasteiger partial charge in [0, 0.05) is 10.9 Å². The van der Waals surface area contributed by atoms with Gasteiger partial charge in [-0.05, 0) is 48.9 Å². The van der Waals surface area contributed by atoms with Crippen molar-refractivity contribution in [3.63, 3.8) is 0 Å². The number of hydrogen-bond acceptors (Lipinski definition) is 2. The van der Waals surface area contributed by atoms with Gasteiger partial charge in [-0.3, -0.25) is 0 Å². The number of aromatic hydroxyl groups is 1. The third kappa shape index (κ3) is 2.54. The van der Waals surface area contributed by atoms with Gasteiger partial charge in [0.05, 0.1) is 11.2 Å². The van der Waals surface area contributed by atoms with E-state index in [0.717, 1.165) is 16.8 Å². The molecule has 19 heavy (non-hydrogen) atoms. The molecule has 2 nitrogen and oxygen atoms in total. The quantitative estimate of drug-likeness (QED) is 0.714. The second kappa shape index (κ2) is 5.29. The number of phenolic OH excluding ortho intramolecular Hbond substituents is 1. The van der Waals surface area contributed by atoms with Crippen molar-refractivity contribution < 1.29 is 5.11 Å². The molecule has 1 aromatic heterocycles. The minimum atomic E-state index is 0. The van der Waals surface area contributed by atoms with Gasteiger partial charge in [0.25, 0.3) is 0 Å². The Morgan fingerprint density at radius 1 is 0.947 bits per heavy atom. The van der Waals surface area contributed by atoms with Crippen LogP contribution in [0.3, 0.4) is 0 Å². The number of hydrogen-bond donors (Lipinski definition) is 1. The molecule has 0 saturated heterocycles. The highest BCUT2D eigenvalue weighted by Crippen LogP contribution is 2.25. The molecule has 0 aliphatic carbocycles. The maximum absolute atomic E-state index is 9.31. The fourth-order valence-corrected chi connectivity index (χ4v) is 2.13. The lowest BCUT2D eigenvalue weighted by Crippen LogP contribution is -1.88. The van der Waals surface area contributed by atoms with Crippen LogP contribution in [0.5, 0.6) is 5.75 Å². The van der Waals surface area contributed by atoms with Gasteiger partial charge < -0.3 is 5.11 Å². The van der Waals surface area contributed by atoms with Crippen LogP contribution in [0.4, 0.5) is 0 Å². The molecule has 0 aliphatic rings. The molecule has 0 radical (unpaired) electrons. The van der Waals surface area contributed by atoms with Crippen LogP contribution < -0.4 is 0 Å². The van der Waals surface area contributed by atoms with Crippen molar-refractivity contribution in [2.24, 2.45) is 0 Å². The fourth-order valence-electron chi connectivity index (χ4n) is 2.13. The molecular weight excluding hydrogens is 258 g/mol. The molecule has 1 N–H and O–H groups in total. The van der Waals surface area contributed by atoms with Crippen molar-refractivity contribution in [1.82, 2.24) is 4.98 Å². The van der Waals surface area contributed by atoms with E-state index in [1.165, 1.54) is 10.9 Å². The smallest absolute Gasteiger partial charge is 0.115 e. The molecule has 0 unspecified atom stereocenters. The maximum Gasteiger partial charge on any atom is 0.115 e. The fraction of sp³-hybridized carbons (Fsp3) is 0.0625. The second-order valence-electron chi connectivity index (χ2n) is 4.39. The van der Waals surface area contributed by atoms with Gasteiger partial charge in [0.1, 0.15) is 5.75 Å². The first-order chi connectivity index (χ1) is 8.74. The molecule has 3 rings (SSSR count). The summed E-state index contributed by atoms with van der Waals surface area (Å²) in [6.07, 6.45) is 0. The molecule has 0 fully saturated rings. The first-order valence-electron chi connectivity index (χ1n) is 5.90. The van der Waals surface area contributed by atoms with Gasteiger partial charge in [-0.25, -0.2) is 4.98 Å². The highest BCUT2D eigenvalue weighted by molar-refractivity contribution is 5.85. The van der Waals surface area contributed by atoms with Crippen molar-refractivity contribution >= 4 is 23.3 Å². The summed E-state index contributed by atoms with van der Waals surface area (Å²) in [6.45, 7) is 2.09. The number of fused-ring (bicyclic) bond motifs is 1. The highest BCUT2D eigenvalue weighted by Gasteiger charge is 2.04. The summed E-state index contributed by atoms with van der Waals surface area (Å²) in [6, 6.07) is 17.3. The predicted molar refractivity (Wildman–Crippen MR) is 80.8 cm³/mol. The first kappa shape index (κ1) is 13.4. The molecule has 1 heterocycles. The van der Waals surface area contributed by atoms with E-state index >= 15 is 0 Å². The Labute approximate surface area is 118 Å². The molecule has 0 bridgehead atoms. The van der Waals surface area contributed by atoms with E-state index in [-0.39, 0.29) is 18.2 Å². The van der Waals surface area contributed by atoms with E-state index in [1.54, 1.807) is 12.1 Å². The minimum Gasteiger partial charge on any atom is -0.508 e. The molecule has 3 heteroatoms. The number of aromatic nitrogens is 1. The third-order valence-corrected chi connectivity index (χ3v) is 3.09. The first-order valence-corrected chi connectivity index (χ1v) is 5.90. The Balaban J connectivity index is 0.00000133. The average Bonchev–Trinajstić information content (AvgIpc) is 2.39. The van der Waals surface area contributed by atoms with Gasteiger partial charge in [-0.15, -0.1) is 12.4 Å². The van der Waals surface area contributed by atoms with Crippen LogP contribution in [-0.2, 0) is 0 Å². The number of halogens is 1. The Morgan fingerprint density at radius 2 is 1.63 bits per heavy atom. The minimum absolute atomic E-state index is 0. The standard InChI is InChI=1S/C16H13NO.ClH/c1-11-10-16(12-6-8-13(18)9-7-12)17-15-5-3-2-4-14(11)15;/h2-10,18H,1H3;1H. The maximum atomic E-state index is 9.31. The lowest BCUT2D eigenvalue weighted by molar-refractivity contribution is 0.475. The molecule has 2 aromatic carbocycles. The zero-order chi connectivity index (χ0) is 12.5. The number of rotatable bonds is 1. The number of para-hydroxylation sites is 1. The summed E-state index contributed by atoms with van der Waals surface area (Å²) < 4.78 is 0. The number of aryl methyl sites for hydroxylation is 1. The summed E-state index contributed by atoms with van der Waals surface area (Å²) in [5, 5.41) is 10.5. The summed E-state index contributed by atoms with van der Waals surface area (Å²) in [7, 11) is 0. The Morgan fingerprint density at radius 3 is 2.37 bits per heavy atom. The van der Waals surface area contributed by atoms with E-state index in [4.69, 9.17) is 0 Å². The van der Waals surface area contributed by atoms with Gasteiger partial charge in [0.15, 0.2) is 0 Å². The lowest BCUT2D eigenvalue weighted by atomic mass is 10.1. The zero-order valence-electron chi connectivity index (χ0n) is 10.5. The number of phenols is 1. The molecule has 96 valence electrons. The van der Waals surface area contributed by atoms with E-state index < -0.39 is 0 Å². The van der Waals surface area contributed by atoms with Crippen LogP contribution in [0.15, 0.2) is 54.6 Å². The molecular formula is C16H14ClNO. The Kier molecular flexibility index (Phi) is 3.72. The number of pyridine rings is 1. The van der Waals surface area contributed by atoms with Gasteiger partial charge in [-0.1, -0.05) is 18.2 Å².